The average Bonchev–Trinajstić information content (AvgIpc) is 3.01. The Labute approximate surface area is 190 Å². The molecular formula is C23H31ClN6O. The summed E-state index contributed by atoms with van der Waals surface area (Å²) in [7, 11) is 3.73. The number of hydrogen-bond acceptors (Lipinski definition) is 6. The number of piperazine rings is 1. The minimum Gasteiger partial charge on any atom is -0.380 e. The van der Waals surface area contributed by atoms with Gasteiger partial charge in [-0.1, -0.05) is 24.3 Å². The van der Waals surface area contributed by atoms with Crippen molar-refractivity contribution in [2.24, 2.45) is 7.05 Å². The van der Waals surface area contributed by atoms with Gasteiger partial charge in [-0.05, 0) is 19.4 Å². The topological polar surface area (TPSA) is 59.3 Å². The molecule has 166 valence electrons. The predicted molar refractivity (Wildman–Crippen MR) is 126 cm³/mol. The summed E-state index contributed by atoms with van der Waals surface area (Å²) >= 11 is 0. The van der Waals surface area contributed by atoms with Gasteiger partial charge in [0.2, 0.25) is 0 Å². The Balaban J connectivity index is 0.00000272. The third-order valence-electron chi connectivity index (χ3n) is 5.93. The van der Waals surface area contributed by atoms with Crippen LogP contribution in [0.2, 0.25) is 0 Å². The van der Waals surface area contributed by atoms with E-state index in [0.29, 0.717) is 6.61 Å². The number of rotatable bonds is 6. The summed E-state index contributed by atoms with van der Waals surface area (Å²) in [5.74, 6) is 0.963. The highest BCUT2D eigenvalue weighted by atomic mass is 35.5. The van der Waals surface area contributed by atoms with E-state index in [1.54, 1.807) is 19.5 Å². The van der Waals surface area contributed by atoms with Gasteiger partial charge in [0, 0.05) is 76.1 Å². The zero-order valence-corrected chi connectivity index (χ0v) is 19.5. The number of hydrogen-bond donors (Lipinski definition) is 0. The van der Waals surface area contributed by atoms with E-state index in [9.17, 15) is 0 Å². The number of nitrogens with zero attached hydrogens (tertiary/aromatic N) is 6. The Kier molecular flexibility index (Phi) is 7.64. The molecule has 1 saturated heterocycles. The van der Waals surface area contributed by atoms with Gasteiger partial charge in [0.25, 0.3) is 0 Å². The van der Waals surface area contributed by atoms with Crippen LogP contribution in [0.15, 0.2) is 36.7 Å². The lowest BCUT2D eigenvalue weighted by Crippen LogP contribution is -2.46. The normalized spacial score (nSPS) is 14.5. The molecule has 1 aromatic carbocycles. The molecular weight excluding hydrogens is 412 g/mol. The van der Waals surface area contributed by atoms with Crippen molar-refractivity contribution in [3.05, 3.63) is 59.2 Å². The molecule has 1 aliphatic rings. The number of aromatic nitrogens is 4. The number of aryl methyl sites for hydroxylation is 2. The summed E-state index contributed by atoms with van der Waals surface area (Å²) in [6.45, 7) is 9.68. The van der Waals surface area contributed by atoms with Crippen LogP contribution in [0.4, 0.5) is 5.82 Å². The van der Waals surface area contributed by atoms with Crippen LogP contribution < -0.4 is 4.90 Å². The summed E-state index contributed by atoms with van der Waals surface area (Å²) in [6.07, 6.45) is 3.55. The van der Waals surface area contributed by atoms with E-state index in [1.165, 1.54) is 11.3 Å². The van der Waals surface area contributed by atoms with Crippen LogP contribution >= 0.6 is 12.4 Å². The molecule has 0 atom stereocenters. The zero-order chi connectivity index (χ0) is 21.1. The van der Waals surface area contributed by atoms with Gasteiger partial charge in [-0.2, -0.15) is 5.10 Å². The highest BCUT2D eigenvalue weighted by Gasteiger charge is 2.23. The lowest BCUT2D eigenvalue weighted by molar-refractivity contribution is 0.185. The smallest absolute Gasteiger partial charge is 0.155 e. The van der Waals surface area contributed by atoms with Gasteiger partial charge in [-0.25, -0.2) is 4.98 Å². The highest BCUT2D eigenvalue weighted by Crippen LogP contribution is 2.28. The fourth-order valence-electron chi connectivity index (χ4n) is 4.08. The molecule has 2 aromatic heterocycles. The number of anilines is 1. The molecule has 3 heterocycles. The molecule has 0 saturated carbocycles. The van der Waals surface area contributed by atoms with E-state index >= 15 is 0 Å². The molecule has 0 amide bonds. The molecule has 31 heavy (non-hydrogen) atoms. The van der Waals surface area contributed by atoms with Gasteiger partial charge >= 0.3 is 0 Å². The lowest BCUT2D eigenvalue weighted by atomic mass is 10.1. The van der Waals surface area contributed by atoms with Crippen molar-refractivity contribution >= 4 is 18.2 Å². The van der Waals surface area contributed by atoms with E-state index in [-0.39, 0.29) is 12.4 Å². The fourth-order valence-corrected chi connectivity index (χ4v) is 4.08. The van der Waals surface area contributed by atoms with Gasteiger partial charge in [0.05, 0.1) is 12.3 Å². The molecule has 4 rings (SSSR count). The maximum absolute atomic E-state index is 5.21. The van der Waals surface area contributed by atoms with Crippen LogP contribution in [0.5, 0.6) is 0 Å². The van der Waals surface area contributed by atoms with Gasteiger partial charge < -0.3 is 9.64 Å². The number of benzene rings is 1. The highest BCUT2D eigenvalue weighted by molar-refractivity contribution is 5.85. The maximum Gasteiger partial charge on any atom is 0.155 e. The van der Waals surface area contributed by atoms with Crippen molar-refractivity contribution in [3.8, 4) is 11.3 Å². The zero-order valence-electron chi connectivity index (χ0n) is 18.7. The summed E-state index contributed by atoms with van der Waals surface area (Å²) in [6, 6.07) is 8.39. The van der Waals surface area contributed by atoms with Crippen LogP contribution in [-0.2, 0) is 24.9 Å². The van der Waals surface area contributed by atoms with E-state index in [1.807, 2.05) is 11.7 Å². The van der Waals surface area contributed by atoms with Crippen LogP contribution in [0, 0.1) is 13.8 Å². The van der Waals surface area contributed by atoms with Crippen molar-refractivity contribution in [2.45, 2.75) is 27.0 Å². The maximum atomic E-state index is 5.21. The molecule has 3 aromatic rings. The molecule has 0 N–H and O–H groups in total. The first-order valence-corrected chi connectivity index (χ1v) is 10.4. The lowest BCUT2D eigenvalue weighted by Gasteiger charge is -2.36. The molecule has 0 bridgehead atoms. The van der Waals surface area contributed by atoms with Crippen molar-refractivity contribution in [1.82, 2.24) is 24.6 Å². The van der Waals surface area contributed by atoms with Crippen molar-refractivity contribution < 1.29 is 4.74 Å². The number of ether oxygens (including phenoxy) is 1. The van der Waals surface area contributed by atoms with Crippen LogP contribution in [-0.4, -0.2) is 57.9 Å². The van der Waals surface area contributed by atoms with E-state index in [2.05, 4.69) is 63.0 Å². The SMILES string of the molecule is COCc1ccc(-c2nccnc2N2CCN(Cc3c(C)nn(C)c3C)CC2)cc1.Cl. The first-order valence-electron chi connectivity index (χ1n) is 10.4. The van der Waals surface area contributed by atoms with Crippen LogP contribution in [0.1, 0.15) is 22.5 Å². The predicted octanol–water partition coefficient (Wildman–Crippen LogP) is 3.38. The average molecular weight is 443 g/mol. The summed E-state index contributed by atoms with van der Waals surface area (Å²) < 4.78 is 7.19. The Hall–Kier alpha value is -2.48. The molecule has 1 fully saturated rings. The quantitative estimate of drug-likeness (QED) is 0.583. The molecule has 7 nitrogen and oxygen atoms in total. The third kappa shape index (κ3) is 5.06. The third-order valence-corrected chi connectivity index (χ3v) is 5.93. The molecule has 8 heteroatoms. The monoisotopic (exact) mass is 442 g/mol. The first-order chi connectivity index (χ1) is 14.6. The second-order valence-corrected chi connectivity index (χ2v) is 7.89. The molecule has 0 radical (unpaired) electrons. The second-order valence-electron chi connectivity index (χ2n) is 7.89. The minimum absolute atomic E-state index is 0. The van der Waals surface area contributed by atoms with E-state index < -0.39 is 0 Å². The van der Waals surface area contributed by atoms with Crippen LogP contribution in [0.25, 0.3) is 11.3 Å². The Morgan fingerprint density at radius 3 is 2.26 bits per heavy atom. The van der Waals surface area contributed by atoms with Crippen molar-refractivity contribution in [3.63, 3.8) is 0 Å². The standard InChI is InChI=1S/C23H30N6O.ClH/c1-17-21(18(2)27(3)26-17)15-28-11-13-29(14-12-28)23-22(24-9-10-25-23)20-7-5-19(6-8-20)16-30-4;/h5-10H,11-16H2,1-4H3;1H. The molecule has 0 unspecified atom stereocenters. The Bertz CT molecular complexity index is 996. The van der Waals surface area contributed by atoms with Gasteiger partial charge in [-0.3, -0.25) is 14.6 Å². The number of methoxy groups -OCH3 is 1. The van der Waals surface area contributed by atoms with Crippen LogP contribution in [0.3, 0.4) is 0 Å². The number of halogens is 1. The molecule has 0 spiro atoms. The molecule has 1 aliphatic heterocycles. The largest absolute Gasteiger partial charge is 0.380 e. The van der Waals surface area contributed by atoms with Gasteiger partial charge in [-0.15, -0.1) is 12.4 Å². The minimum atomic E-state index is 0. The fraction of sp³-hybridized carbons (Fsp3) is 0.435. The van der Waals surface area contributed by atoms with Crippen molar-refractivity contribution in [1.29, 1.82) is 0 Å². The first kappa shape index (κ1) is 23.2. The Morgan fingerprint density at radius 1 is 0.968 bits per heavy atom. The summed E-state index contributed by atoms with van der Waals surface area (Å²) in [4.78, 5) is 14.2. The molecule has 0 aliphatic carbocycles. The van der Waals surface area contributed by atoms with E-state index in [0.717, 1.165) is 61.1 Å². The van der Waals surface area contributed by atoms with Gasteiger partial charge in [0.15, 0.2) is 5.82 Å². The second kappa shape index (κ2) is 10.2. The Morgan fingerprint density at radius 2 is 1.65 bits per heavy atom. The summed E-state index contributed by atoms with van der Waals surface area (Å²) in [5, 5.41) is 4.56. The summed E-state index contributed by atoms with van der Waals surface area (Å²) in [5.41, 5.74) is 6.91. The van der Waals surface area contributed by atoms with E-state index in [4.69, 9.17) is 4.74 Å². The van der Waals surface area contributed by atoms with Gasteiger partial charge in [0.1, 0.15) is 5.69 Å². The van der Waals surface area contributed by atoms with Crippen molar-refractivity contribution in [2.75, 3.05) is 38.2 Å².